The molecular formula is C10H12N4O5. The quantitative estimate of drug-likeness (QED) is 0.378. The van der Waals surface area contributed by atoms with E-state index in [4.69, 9.17) is 20.6 Å². The number of pyridine rings is 1. The first kappa shape index (κ1) is 14.8. The van der Waals surface area contributed by atoms with Crippen molar-refractivity contribution in [3.63, 3.8) is 0 Å². The minimum atomic E-state index is -1.54. The van der Waals surface area contributed by atoms with E-state index in [-0.39, 0.29) is 11.4 Å². The lowest BCUT2D eigenvalue weighted by Gasteiger charge is -2.28. The van der Waals surface area contributed by atoms with Crippen molar-refractivity contribution in [3.8, 4) is 6.07 Å². The molecule has 0 aliphatic rings. The van der Waals surface area contributed by atoms with E-state index in [9.17, 15) is 10.1 Å². The van der Waals surface area contributed by atoms with Crippen molar-refractivity contribution in [3.05, 3.63) is 27.9 Å². The molecule has 19 heavy (non-hydrogen) atoms. The third-order valence-electron chi connectivity index (χ3n) is 2.48. The van der Waals surface area contributed by atoms with Crippen LogP contribution in [0.5, 0.6) is 0 Å². The van der Waals surface area contributed by atoms with Crippen LogP contribution >= 0.6 is 0 Å². The number of aromatic nitrogens is 1. The molecule has 0 bridgehead atoms. The van der Waals surface area contributed by atoms with Gasteiger partial charge in [0.1, 0.15) is 11.6 Å². The summed E-state index contributed by atoms with van der Waals surface area (Å²) in [6.07, 6.45) is 1.10. The smallest absolute Gasteiger partial charge is 0.312 e. The number of nitriles is 1. The van der Waals surface area contributed by atoms with Gasteiger partial charge in [-0.25, -0.2) is 4.98 Å². The van der Waals surface area contributed by atoms with E-state index in [1.165, 1.54) is 0 Å². The normalized spacial score (nSPS) is 10.8. The summed E-state index contributed by atoms with van der Waals surface area (Å²) in [6.45, 7) is -1.96. The second-order valence-electron chi connectivity index (χ2n) is 3.84. The summed E-state index contributed by atoms with van der Waals surface area (Å²) in [4.78, 5) is 13.8. The van der Waals surface area contributed by atoms with Crippen LogP contribution in [-0.2, 0) is 0 Å². The van der Waals surface area contributed by atoms with Gasteiger partial charge in [-0.15, -0.1) is 0 Å². The molecule has 0 amide bonds. The van der Waals surface area contributed by atoms with E-state index in [2.05, 4.69) is 10.3 Å². The highest BCUT2D eigenvalue weighted by molar-refractivity contribution is 5.59. The number of hydrogen-bond donors (Lipinski definition) is 4. The number of nitro groups is 1. The summed E-state index contributed by atoms with van der Waals surface area (Å²) >= 11 is 0. The number of anilines is 1. The number of aliphatic hydroxyl groups excluding tert-OH is 3. The molecule has 102 valence electrons. The lowest BCUT2D eigenvalue weighted by molar-refractivity contribution is -0.384. The standard InChI is InChI=1S/C10H12N4O5/c11-2-7-1-8(14(18)19)9(12-3-7)13-10(4-15,5-16)6-17/h1,3,15-17H,4-6H2,(H,12,13). The fourth-order valence-corrected chi connectivity index (χ4v) is 1.27. The van der Waals surface area contributed by atoms with Gasteiger partial charge in [0.15, 0.2) is 0 Å². The minimum Gasteiger partial charge on any atom is -0.394 e. The Bertz CT molecular complexity index is 501. The first-order valence-electron chi connectivity index (χ1n) is 5.17. The third-order valence-corrected chi connectivity index (χ3v) is 2.48. The maximum Gasteiger partial charge on any atom is 0.312 e. The van der Waals surface area contributed by atoms with Crippen molar-refractivity contribution in [2.45, 2.75) is 5.54 Å². The van der Waals surface area contributed by atoms with Crippen molar-refractivity contribution in [2.24, 2.45) is 0 Å². The van der Waals surface area contributed by atoms with Gasteiger partial charge in [-0.1, -0.05) is 0 Å². The van der Waals surface area contributed by atoms with Crippen molar-refractivity contribution < 1.29 is 20.2 Å². The van der Waals surface area contributed by atoms with Gasteiger partial charge in [-0.2, -0.15) is 5.26 Å². The summed E-state index contributed by atoms with van der Waals surface area (Å²) in [5, 5.41) is 49.4. The fourth-order valence-electron chi connectivity index (χ4n) is 1.27. The molecule has 0 saturated carbocycles. The molecule has 4 N–H and O–H groups in total. The topological polar surface area (TPSA) is 153 Å². The predicted octanol–water partition coefficient (Wildman–Crippen LogP) is -1.01. The number of rotatable bonds is 6. The molecule has 0 fully saturated rings. The molecule has 0 radical (unpaired) electrons. The Kier molecular flexibility index (Phi) is 4.71. The lowest BCUT2D eigenvalue weighted by Crippen LogP contribution is -2.49. The second-order valence-corrected chi connectivity index (χ2v) is 3.84. The highest BCUT2D eigenvalue weighted by atomic mass is 16.6. The van der Waals surface area contributed by atoms with E-state index in [0.29, 0.717) is 0 Å². The first-order valence-corrected chi connectivity index (χ1v) is 5.17. The largest absolute Gasteiger partial charge is 0.394 e. The molecule has 0 spiro atoms. The molecule has 0 atom stereocenters. The molecule has 0 aromatic carbocycles. The van der Waals surface area contributed by atoms with Gasteiger partial charge in [-0.05, 0) is 0 Å². The zero-order valence-corrected chi connectivity index (χ0v) is 9.78. The van der Waals surface area contributed by atoms with Crippen LogP contribution < -0.4 is 5.32 Å². The van der Waals surface area contributed by atoms with Gasteiger partial charge in [-0.3, -0.25) is 10.1 Å². The summed E-state index contributed by atoms with van der Waals surface area (Å²) in [5.41, 5.74) is -2.02. The van der Waals surface area contributed by atoms with Gasteiger partial charge in [0.25, 0.3) is 0 Å². The van der Waals surface area contributed by atoms with Crippen LogP contribution in [0.25, 0.3) is 0 Å². The Morgan fingerprint density at radius 3 is 2.42 bits per heavy atom. The average Bonchev–Trinajstić information content (AvgIpc) is 2.45. The van der Waals surface area contributed by atoms with Crippen LogP contribution in [0.4, 0.5) is 11.5 Å². The maximum atomic E-state index is 10.9. The number of nitrogens with zero attached hydrogens (tertiary/aromatic N) is 3. The molecule has 1 aromatic heterocycles. The van der Waals surface area contributed by atoms with Gasteiger partial charge in [0.05, 0.1) is 30.3 Å². The summed E-state index contributed by atoms with van der Waals surface area (Å²) in [5.74, 6) is -0.249. The van der Waals surface area contributed by atoms with Crippen LogP contribution in [0.2, 0.25) is 0 Å². The molecule has 0 aliphatic carbocycles. The Hall–Kier alpha value is -2.28. The van der Waals surface area contributed by atoms with E-state index >= 15 is 0 Å². The summed E-state index contributed by atoms with van der Waals surface area (Å²) in [6, 6.07) is 2.72. The van der Waals surface area contributed by atoms with Gasteiger partial charge >= 0.3 is 5.69 Å². The van der Waals surface area contributed by atoms with E-state index in [0.717, 1.165) is 12.3 Å². The van der Waals surface area contributed by atoms with Crippen molar-refractivity contribution in [1.29, 1.82) is 5.26 Å². The predicted molar refractivity (Wildman–Crippen MR) is 63.2 cm³/mol. The second kappa shape index (κ2) is 6.05. The zero-order chi connectivity index (χ0) is 14.5. The Morgan fingerprint density at radius 1 is 1.42 bits per heavy atom. The van der Waals surface area contributed by atoms with E-state index < -0.39 is 36.0 Å². The van der Waals surface area contributed by atoms with Gasteiger partial charge < -0.3 is 20.6 Å². The summed E-state index contributed by atoms with van der Waals surface area (Å²) in [7, 11) is 0. The molecule has 9 nitrogen and oxygen atoms in total. The molecule has 0 saturated heterocycles. The molecule has 1 rings (SSSR count). The van der Waals surface area contributed by atoms with Crippen LogP contribution in [-0.4, -0.2) is 50.6 Å². The number of hydrogen-bond acceptors (Lipinski definition) is 8. The van der Waals surface area contributed by atoms with Crippen molar-refractivity contribution in [2.75, 3.05) is 25.1 Å². The fraction of sp³-hybridized carbons (Fsp3) is 0.400. The SMILES string of the molecule is N#Cc1cnc(NC(CO)(CO)CO)c([N+](=O)[O-])c1. The van der Waals surface area contributed by atoms with Crippen molar-refractivity contribution >= 4 is 11.5 Å². The third kappa shape index (κ3) is 3.14. The monoisotopic (exact) mass is 268 g/mol. The summed E-state index contributed by atoms with van der Waals surface area (Å²) < 4.78 is 0. The Labute approximate surface area is 107 Å². The minimum absolute atomic E-state index is 0.000143. The van der Waals surface area contributed by atoms with E-state index in [1.54, 1.807) is 6.07 Å². The van der Waals surface area contributed by atoms with Crippen molar-refractivity contribution in [1.82, 2.24) is 4.98 Å². The maximum absolute atomic E-state index is 10.9. The van der Waals surface area contributed by atoms with Crippen LogP contribution in [0.3, 0.4) is 0 Å². The molecular weight excluding hydrogens is 256 g/mol. The number of nitrogens with one attached hydrogen (secondary N) is 1. The van der Waals surface area contributed by atoms with Crippen LogP contribution in [0.15, 0.2) is 12.3 Å². The number of aliphatic hydroxyl groups is 3. The van der Waals surface area contributed by atoms with Crippen LogP contribution in [0, 0.1) is 21.4 Å². The van der Waals surface area contributed by atoms with Gasteiger partial charge in [0.2, 0.25) is 5.82 Å². The molecule has 9 heteroatoms. The zero-order valence-electron chi connectivity index (χ0n) is 9.78. The van der Waals surface area contributed by atoms with Gasteiger partial charge in [0, 0.05) is 12.3 Å². The lowest BCUT2D eigenvalue weighted by atomic mass is 10.0. The molecule has 0 unspecified atom stereocenters. The molecule has 1 aromatic rings. The van der Waals surface area contributed by atoms with E-state index in [1.807, 2.05) is 0 Å². The molecule has 0 aliphatic heterocycles. The molecule has 1 heterocycles. The first-order chi connectivity index (χ1) is 9.01. The highest BCUT2D eigenvalue weighted by Gasteiger charge is 2.31. The average molecular weight is 268 g/mol. The van der Waals surface area contributed by atoms with Crippen LogP contribution in [0.1, 0.15) is 5.56 Å². The Morgan fingerprint density at radius 2 is 2.00 bits per heavy atom. The Balaban J connectivity index is 3.20. The highest BCUT2D eigenvalue weighted by Crippen LogP contribution is 2.25.